The normalized spacial score (nSPS) is 11.8. The van der Waals surface area contributed by atoms with Crippen molar-refractivity contribution in [1.82, 2.24) is 10.6 Å². The molecule has 1 atom stereocenters. The van der Waals surface area contributed by atoms with Gasteiger partial charge in [0.05, 0.1) is 0 Å². The van der Waals surface area contributed by atoms with Crippen molar-refractivity contribution in [1.29, 1.82) is 0 Å². The molecule has 2 amide bonds. The molecule has 58 valence electrons. The topological polar surface area (TPSA) is 58.2 Å². The molecule has 0 aromatic rings. The molecule has 0 heterocycles. The van der Waals surface area contributed by atoms with Crippen molar-refractivity contribution in [3.05, 3.63) is 0 Å². The van der Waals surface area contributed by atoms with E-state index in [2.05, 4.69) is 23.3 Å². The van der Waals surface area contributed by atoms with Gasteiger partial charge >= 0.3 is 0 Å². The van der Waals surface area contributed by atoms with E-state index in [0.29, 0.717) is 12.2 Å². The zero-order valence-corrected chi connectivity index (χ0v) is 6.52. The summed E-state index contributed by atoms with van der Waals surface area (Å²) in [6.07, 6.45) is 0.162. The number of thiol groups is 1. The fraction of sp³-hybridized carbons (Fsp3) is 0.600. The van der Waals surface area contributed by atoms with Crippen LogP contribution in [0.5, 0.6) is 0 Å². The van der Waals surface area contributed by atoms with Crippen molar-refractivity contribution in [2.75, 3.05) is 5.75 Å². The average molecular weight is 162 g/mol. The van der Waals surface area contributed by atoms with Crippen LogP contribution >= 0.6 is 12.6 Å². The first-order valence-electron chi connectivity index (χ1n) is 2.78. The lowest BCUT2D eigenvalue weighted by molar-refractivity contribution is -0.120. The first-order valence-corrected chi connectivity index (χ1v) is 3.41. The van der Waals surface area contributed by atoms with Crippen molar-refractivity contribution in [2.24, 2.45) is 0 Å². The van der Waals surface area contributed by atoms with Gasteiger partial charge in [0.2, 0.25) is 12.3 Å². The monoisotopic (exact) mass is 162 g/mol. The lowest BCUT2D eigenvalue weighted by Gasteiger charge is -2.12. The number of carbonyl (C=O) groups excluding carboxylic acids is 2. The molecule has 10 heavy (non-hydrogen) atoms. The van der Waals surface area contributed by atoms with E-state index in [9.17, 15) is 9.59 Å². The van der Waals surface area contributed by atoms with Crippen LogP contribution in [0.2, 0.25) is 0 Å². The molecule has 0 saturated carbocycles. The van der Waals surface area contributed by atoms with E-state index in [1.165, 1.54) is 6.92 Å². The van der Waals surface area contributed by atoms with Gasteiger partial charge in [0.15, 0.2) is 0 Å². The van der Waals surface area contributed by atoms with Crippen LogP contribution in [-0.4, -0.2) is 24.2 Å². The lowest BCUT2D eigenvalue weighted by Crippen LogP contribution is -2.45. The van der Waals surface area contributed by atoms with Gasteiger partial charge in [-0.2, -0.15) is 12.6 Å². The fourth-order valence-electron chi connectivity index (χ4n) is 0.468. The maximum atomic E-state index is 10.4. The van der Waals surface area contributed by atoms with E-state index < -0.39 is 0 Å². The molecule has 0 aliphatic carbocycles. The van der Waals surface area contributed by atoms with Crippen LogP contribution in [0.1, 0.15) is 6.92 Å². The Kier molecular flexibility index (Phi) is 4.74. The summed E-state index contributed by atoms with van der Waals surface area (Å²) in [5.41, 5.74) is 0. The van der Waals surface area contributed by atoms with Gasteiger partial charge in [0.1, 0.15) is 6.17 Å². The molecular weight excluding hydrogens is 152 g/mol. The quantitative estimate of drug-likeness (QED) is 0.286. The zero-order valence-electron chi connectivity index (χ0n) is 5.63. The number of hydrogen-bond donors (Lipinski definition) is 3. The van der Waals surface area contributed by atoms with Crippen LogP contribution < -0.4 is 10.6 Å². The van der Waals surface area contributed by atoms with Gasteiger partial charge < -0.3 is 10.6 Å². The lowest BCUT2D eigenvalue weighted by atomic mass is 10.5. The van der Waals surface area contributed by atoms with Gasteiger partial charge in [-0.15, -0.1) is 0 Å². The zero-order chi connectivity index (χ0) is 7.98. The minimum Gasteiger partial charge on any atom is -0.338 e. The molecule has 4 nitrogen and oxygen atoms in total. The van der Waals surface area contributed by atoms with Gasteiger partial charge in [-0.1, -0.05) is 0 Å². The Balaban J connectivity index is 3.59. The van der Waals surface area contributed by atoms with Gasteiger partial charge in [-0.05, 0) is 0 Å². The van der Waals surface area contributed by atoms with E-state index in [4.69, 9.17) is 0 Å². The van der Waals surface area contributed by atoms with Crippen LogP contribution in [-0.2, 0) is 9.59 Å². The standard InChI is InChI=1S/C5H10N2O2S/c1-4(9)7-5(2-10)6-3-8/h3,5,10H,2H2,1H3,(H,6,8)(H,7,9)/t5-/m1/s1. The molecule has 0 spiro atoms. The van der Waals surface area contributed by atoms with Crippen LogP contribution in [0.3, 0.4) is 0 Å². The van der Waals surface area contributed by atoms with E-state index in [1.54, 1.807) is 0 Å². The minimum atomic E-state index is -0.363. The second-order valence-corrected chi connectivity index (χ2v) is 2.09. The van der Waals surface area contributed by atoms with Crippen molar-refractivity contribution in [3.63, 3.8) is 0 Å². The van der Waals surface area contributed by atoms with Crippen LogP contribution in [0.25, 0.3) is 0 Å². The molecule has 0 fully saturated rings. The molecular formula is C5H10N2O2S. The smallest absolute Gasteiger partial charge is 0.218 e. The molecule has 0 aromatic heterocycles. The Bertz CT molecular complexity index is 129. The first-order chi connectivity index (χ1) is 4.70. The van der Waals surface area contributed by atoms with Crippen molar-refractivity contribution >= 4 is 24.9 Å². The van der Waals surface area contributed by atoms with E-state index in [0.717, 1.165) is 0 Å². The highest BCUT2D eigenvalue weighted by atomic mass is 32.1. The van der Waals surface area contributed by atoms with Crippen molar-refractivity contribution in [3.8, 4) is 0 Å². The van der Waals surface area contributed by atoms with Gasteiger partial charge in [0, 0.05) is 12.7 Å². The minimum absolute atomic E-state index is 0.187. The van der Waals surface area contributed by atoms with E-state index in [1.807, 2.05) is 0 Å². The Morgan fingerprint density at radius 2 is 2.40 bits per heavy atom. The summed E-state index contributed by atoms with van der Waals surface area (Å²) in [5.74, 6) is 0.201. The molecule has 0 aliphatic heterocycles. The third-order valence-electron chi connectivity index (χ3n) is 0.829. The summed E-state index contributed by atoms with van der Waals surface area (Å²) < 4.78 is 0. The Morgan fingerprint density at radius 1 is 1.80 bits per heavy atom. The molecule has 2 N–H and O–H groups in total. The fourth-order valence-corrected chi connectivity index (χ4v) is 0.664. The van der Waals surface area contributed by atoms with Crippen molar-refractivity contribution in [2.45, 2.75) is 13.1 Å². The van der Waals surface area contributed by atoms with Crippen LogP contribution in [0, 0.1) is 0 Å². The molecule has 0 saturated heterocycles. The Morgan fingerprint density at radius 3 is 2.70 bits per heavy atom. The van der Waals surface area contributed by atoms with Crippen LogP contribution in [0.15, 0.2) is 0 Å². The predicted octanol–water partition coefficient (Wildman–Crippen LogP) is -0.876. The SMILES string of the molecule is CC(=O)N[C@H](CS)NC=O. The number of nitrogens with one attached hydrogen (secondary N) is 2. The molecule has 0 unspecified atom stereocenters. The molecule has 0 rings (SSSR count). The van der Waals surface area contributed by atoms with Gasteiger partial charge in [-0.25, -0.2) is 0 Å². The Hall–Kier alpha value is -0.710. The highest BCUT2D eigenvalue weighted by molar-refractivity contribution is 7.80. The maximum absolute atomic E-state index is 10.4. The summed E-state index contributed by atoms with van der Waals surface area (Å²) in [6, 6.07) is 0. The maximum Gasteiger partial charge on any atom is 0.218 e. The number of hydrogen-bond acceptors (Lipinski definition) is 3. The summed E-state index contributed by atoms with van der Waals surface area (Å²) >= 11 is 3.89. The Labute approximate surface area is 64.8 Å². The van der Waals surface area contributed by atoms with E-state index in [-0.39, 0.29) is 12.1 Å². The molecule has 0 aromatic carbocycles. The van der Waals surface area contributed by atoms with Crippen molar-refractivity contribution < 1.29 is 9.59 Å². The molecule has 0 bridgehead atoms. The third kappa shape index (κ3) is 4.20. The van der Waals surface area contributed by atoms with Gasteiger partial charge in [-0.3, -0.25) is 9.59 Å². The van der Waals surface area contributed by atoms with Crippen LogP contribution in [0.4, 0.5) is 0 Å². The first kappa shape index (κ1) is 9.29. The molecule has 0 radical (unpaired) electrons. The number of amides is 2. The predicted molar refractivity (Wildman–Crippen MR) is 40.7 cm³/mol. The largest absolute Gasteiger partial charge is 0.338 e. The molecule has 5 heteroatoms. The number of rotatable bonds is 4. The van der Waals surface area contributed by atoms with E-state index >= 15 is 0 Å². The summed E-state index contributed by atoms with van der Waals surface area (Å²) in [4.78, 5) is 20.2. The average Bonchev–Trinajstić information content (AvgIpc) is 1.86. The number of carbonyl (C=O) groups is 2. The third-order valence-corrected chi connectivity index (χ3v) is 1.19. The summed E-state index contributed by atoms with van der Waals surface area (Å²) in [7, 11) is 0. The highest BCUT2D eigenvalue weighted by Gasteiger charge is 2.03. The second-order valence-electron chi connectivity index (χ2n) is 1.72. The summed E-state index contributed by atoms with van der Waals surface area (Å²) in [5, 5.41) is 4.85. The van der Waals surface area contributed by atoms with Gasteiger partial charge in [0.25, 0.3) is 0 Å². The molecule has 0 aliphatic rings. The highest BCUT2D eigenvalue weighted by Crippen LogP contribution is 1.80. The summed E-state index contributed by atoms with van der Waals surface area (Å²) in [6.45, 7) is 1.38. The second kappa shape index (κ2) is 5.10.